The Balaban J connectivity index is 1.49. The Labute approximate surface area is 140 Å². The standard InChI is InChI=1S/C17H23F2N3O2/c1-20-17(22-14-8-13-5-6-15(14)24-13)21-9-11-3-2-4-12(7-11)23-10-16(18)19/h2-4,7,13-16H,5-6,8-10H2,1H3,(H2,20,21,22). The molecule has 3 unspecified atom stereocenters. The lowest BCUT2D eigenvalue weighted by Gasteiger charge is -2.22. The first kappa shape index (κ1) is 17.0. The summed E-state index contributed by atoms with van der Waals surface area (Å²) < 4.78 is 35.3. The van der Waals surface area contributed by atoms with Gasteiger partial charge in [-0.1, -0.05) is 12.1 Å². The van der Waals surface area contributed by atoms with E-state index >= 15 is 0 Å². The number of benzene rings is 1. The molecule has 2 aliphatic rings. The third kappa shape index (κ3) is 4.35. The maximum atomic E-state index is 12.2. The summed E-state index contributed by atoms with van der Waals surface area (Å²) in [7, 11) is 1.73. The number of aliphatic imine (C=N–C) groups is 1. The van der Waals surface area contributed by atoms with Gasteiger partial charge in [0.1, 0.15) is 12.4 Å². The van der Waals surface area contributed by atoms with Crippen molar-refractivity contribution in [1.82, 2.24) is 10.6 Å². The second kappa shape index (κ2) is 7.79. The van der Waals surface area contributed by atoms with Crippen LogP contribution < -0.4 is 15.4 Å². The van der Waals surface area contributed by atoms with E-state index in [4.69, 9.17) is 9.47 Å². The molecule has 0 spiro atoms. The van der Waals surface area contributed by atoms with Crippen molar-refractivity contribution in [3.8, 4) is 5.75 Å². The minimum absolute atomic E-state index is 0.277. The SMILES string of the molecule is CN=C(NCc1cccc(OCC(F)F)c1)NC1CC2CCC1O2. The quantitative estimate of drug-likeness (QED) is 0.617. The molecular weight excluding hydrogens is 316 g/mol. The van der Waals surface area contributed by atoms with E-state index in [0.29, 0.717) is 24.4 Å². The summed E-state index contributed by atoms with van der Waals surface area (Å²) in [4.78, 5) is 4.24. The van der Waals surface area contributed by atoms with Gasteiger partial charge in [0.2, 0.25) is 0 Å². The van der Waals surface area contributed by atoms with Gasteiger partial charge in [-0.05, 0) is 37.0 Å². The molecule has 2 saturated heterocycles. The van der Waals surface area contributed by atoms with E-state index < -0.39 is 13.0 Å². The highest BCUT2D eigenvalue weighted by Gasteiger charge is 2.41. The second-order valence-corrected chi connectivity index (χ2v) is 6.14. The van der Waals surface area contributed by atoms with Gasteiger partial charge in [-0.15, -0.1) is 0 Å². The van der Waals surface area contributed by atoms with Crippen LogP contribution in [0.5, 0.6) is 5.75 Å². The maximum Gasteiger partial charge on any atom is 0.272 e. The molecular formula is C17H23F2N3O2. The molecule has 0 amide bonds. The Bertz CT molecular complexity index is 583. The summed E-state index contributed by atoms with van der Waals surface area (Å²) in [6, 6.07) is 7.43. The van der Waals surface area contributed by atoms with Crippen molar-refractivity contribution < 1.29 is 18.3 Å². The van der Waals surface area contributed by atoms with Gasteiger partial charge in [0, 0.05) is 13.6 Å². The molecule has 2 fully saturated rings. The molecule has 0 aromatic heterocycles. The van der Waals surface area contributed by atoms with E-state index in [1.54, 1.807) is 25.2 Å². The van der Waals surface area contributed by atoms with E-state index in [1.807, 2.05) is 6.07 Å². The molecule has 1 aromatic rings. The minimum atomic E-state index is -2.47. The molecule has 2 heterocycles. The maximum absolute atomic E-state index is 12.2. The fourth-order valence-corrected chi connectivity index (χ4v) is 3.25. The van der Waals surface area contributed by atoms with Gasteiger partial charge < -0.3 is 20.1 Å². The molecule has 3 atom stereocenters. The largest absolute Gasteiger partial charge is 0.488 e. The Morgan fingerprint density at radius 1 is 1.42 bits per heavy atom. The van der Waals surface area contributed by atoms with Gasteiger partial charge in [0.05, 0.1) is 18.2 Å². The van der Waals surface area contributed by atoms with Crippen LogP contribution in [0.1, 0.15) is 24.8 Å². The molecule has 0 aliphatic carbocycles. The fourth-order valence-electron chi connectivity index (χ4n) is 3.25. The van der Waals surface area contributed by atoms with E-state index in [-0.39, 0.29) is 6.10 Å². The van der Waals surface area contributed by atoms with Gasteiger partial charge in [0.15, 0.2) is 5.96 Å². The van der Waals surface area contributed by atoms with Crippen LogP contribution in [0.15, 0.2) is 29.3 Å². The van der Waals surface area contributed by atoms with Crippen LogP contribution in [0.2, 0.25) is 0 Å². The molecule has 5 nitrogen and oxygen atoms in total. The van der Waals surface area contributed by atoms with Gasteiger partial charge in [-0.3, -0.25) is 4.99 Å². The minimum Gasteiger partial charge on any atom is -0.488 e. The third-order valence-electron chi connectivity index (χ3n) is 4.39. The second-order valence-electron chi connectivity index (χ2n) is 6.14. The topological polar surface area (TPSA) is 54.9 Å². The Morgan fingerprint density at radius 2 is 2.29 bits per heavy atom. The average molecular weight is 339 g/mol. The number of hydrogen-bond donors (Lipinski definition) is 2. The fraction of sp³-hybridized carbons (Fsp3) is 0.588. The lowest BCUT2D eigenvalue weighted by atomic mass is 9.96. The van der Waals surface area contributed by atoms with Crippen LogP contribution in [0.25, 0.3) is 0 Å². The smallest absolute Gasteiger partial charge is 0.272 e. The van der Waals surface area contributed by atoms with Crippen LogP contribution in [-0.2, 0) is 11.3 Å². The van der Waals surface area contributed by atoms with E-state index in [9.17, 15) is 8.78 Å². The highest BCUT2D eigenvalue weighted by molar-refractivity contribution is 5.80. The summed E-state index contributed by atoms with van der Waals surface area (Å²) in [6.07, 6.45) is 1.46. The Hall–Kier alpha value is -1.89. The normalized spacial score (nSPS) is 26.0. The number of nitrogens with zero attached hydrogens (tertiary/aromatic N) is 1. The van der Waals surface area contributed by atoms with Crippen LogP contribution >= 0.6 is 0 Å². The van der Waals surface area contributed by atoms with Gasteiger partial charge >= 0.3 is 0 Å². The Kier molecular flexibility index (Phi) is 5.50. The first-order valence-electron chi connectivity index (χ1n) is 8.26. The lowest BCUT2D eigenvalue weighted by molar-refractivity contribution is 0.0818. The van der Waals surface area contributed by atoms with Crippen molar-refractivity contribution in [2.75, 3.05) is 13.7 Å². The molecule has 0 saturated carbocycles. The Morgan fingerprint density at radius 3 is 2.96 bits per heavy atom. The third-order valence-corrected chi connectivity index (χ3v) is 4.39. The van der Waals surface area contributed by atoms with Crippen molar-refractivity contribution in [1.29, 1.82) is 0 Å². The van der Waals surface area contributed by atoms with E-state index in [2.05, 4.69) is 15.6 Å². The van der Waals surface area contributed by atoms with Crippen LogP contribution in [0.3, 0.4) is 0 Å². The number of halogens is 2. The van der Waals surface area contributed by atoms with Crippen molar-refractivity contribution >= 4 is 5.96 Å². The highest BCUT2D eigenvalue weighted by atomic mass is 19.3. The number of hydrogen-bond acceptors (Lipinski definition) is 3. The summed E-state index contributed by atoms with van der Waals surface area (Å²) in [6.45, 7) is -0.0580. The molecule has 1 aromatic carbocycles. The van der Waals surface area contributed by atoms with E-state index in [1.165, 1.54) is 0 Å². The molecule has 7 heteroatoms. The number of fused-ring (bicyclic) bond motifs is 2. The molecule has 2 bridgehead atoms. The molecule has 0 radical (unpaired) electrons. The molecule has 2 aliphatic heterocycles. The number of rotatable bonds is 6. The number of ether oxygens (including phenoxy) is 2. The number of alkyl halides is 2. The van der Waals surface area contributed by atoms with Crippen molar-refractivity contribution in [3.05, 3.63) is 29.8 Å². The first-order valence-corrected chi connectivity index (χ1v) is 8.26. The summed E-state index contributed by atoms with van der Waals surface area (Å²) in [5.41, 5.74) is 0.939. The zero-order valence-electron chi connectivity index (χ0n) is 13.7. The molecule has 3 rings (SSSR count). The summed E-state index contributed by atoms with van der Waals surface area (Å²) in [5.74, 6) is 1.16. The lowest BCUT2D eigenvalue weighted by Crippen LogP contribution is -2.47. The monoisotopic (exact) mass is 339 g/mol. The molecule has 24 heavy (non-hydrogen) atoms. The summed E-state index contributed by atoms with van der Waals surface area (Å²) in [5, 5.41) is 6.65. The number of nitrogens with one attached hydrogen (secondary N) is 2. The average Bonchev–Trinajstić information content (AvgIpc) is 3.20. The van der Waals surface area contributed by atoms with Crippen molar-refractivity contribution in [3.63, 3.8) is 0 Å². The first-order chi connectivity index (χ1) is 11.6. The molecule has 2 N–H and O–H groups in total. The highest BCUT2D eigenvalue weighted by Crippen LogP contribution is 2.34. The zero-order chi connectivity index (χ0) is 16.9. The summed E-state index contributed by atoms with van der Waals surface area (Å²) >= 11 is 0. The van der Waals surface area contributed by atoms with Crippen molar-refractivity contribution in [2.45, 2.75) is 50.5 Å². The molecule has 132 valence electrons. The zero-order valence-corrected chi connectivity index (χ0v) is 13.7. The van der Waals surface area contributed by atoms with Crippen molar-refractivity contribution in [2.24, 2.45) is 4.99 Å². The predicted octanol–water partition coefficient (Wildman–Crippen LogP) is 2.32. The predicted molar refractivity (Wildman–Crippen MR) is 87.6 cm³/mol. The van der Waals surface area contributed by atoms with Gasteiger partial charge in [0.25, 0.3) is 6.43 Å². The van der Waals surface area contributed by atoms with Crippen LogP contribution in [0, 0.1) is 0 Å². The van der Waals surface area contributed by atoms with E-state index in [0.717, 1.165) is 30.8 Å². The van der Waals surface area contributed by atoms with Gasteiger partial charge in [-0.25, -0.2) is 8.78 Å². The number of guanidine groups is 1. The van der Waals surface area contributed by atoms with Crippen LogP contribution in [-0.4, -0.2) is 44.3 Å². The van der Waals surface area contributed by atoms with Crippen LogP contribution in [0.4, 0.5) is 8.78 Å². The van der Waals surface area contributed by atoms with Gasteiger partial charge in [-0.2, -0.15) is 0 Å².